The molecule has 0 unspecified atom stereocenters. The van der Waals surface area contributed by atoms with Crippen molar-refractivity contribution in [3.05, 3.63) is 48.5 Å². The zero-order valence-corrected chi connectivity index (χ0v) is 16.8. The van der Waals surface area contributed by atoms with Crippen LogP contribution in [-0.4, -0.2) is 38.3 Å². The minimum absolute atomic E-state index is 0.0688. The zero-order valence-electron chi connectivity index (χ0n) is 16.0. The Morgan fingerprint density at radius 2 is 1.29 bits per heavy atom. The summed E-state index contributed by atoms with van der Waals surface area (Å²) in [5, 5.41) is 5.34. The molecule has 0 heterocycles. The van der Waals surface area contributed by atoms with Crippen LogP contribution in [0.25, 0.3) is 0 Å². The molecule has 3 amide bonds. The number of urea groups is 1. The Labute approximate surface area is 165 Å². The smallest absolute Gasteiger partial charge is 0.321 e. The van der Waals surface area contributed by atoms with E-state index in [4.69, 9.17) is 0 Å². The Hall–Kier alpha value is -3.07. The van der Waals surface area contributed by atoms with Gasteiger partial charge >= 0.3 is 6.03 Å². The molecule has 150 valence electrons. The maximum Gasteiger partial charge on any atom is 0.321 e. The lowest BCUT2D eigenvalue weighted by atomic mass is 10.3. The van der Waals surface area contributed by atoms with Crippen molar-refractivity contribution in [1.29, 1.82) is 0 Å². The van der Waals surface area contributed by atoms with E-state index < -0.39 is 10.0 Å². The van der Waals surface area contributed by atoms with Crippen LogP contribution in [0.4, 0.5) is 21.9 Å². The highest BCUT2D eigenvalue weighted by Crippen LogP contribution is 2.20. The van der Waals surface area contributed by atoms with Crippen LogP contribution in [0.1, 0.15) is 20.8 Å². The molecule has 9 heteroatoms. The highest BCUT2D eigenvalue weighted by atomic mass is 32.2. The van der Waals surface area contributed by atoms with Crippen LogP contribution < -0.4 is 15.4 Å². The summed E-state index contributed by atoms with van der Waals surface area (Å²) in [6.07, 6.45) is 0. The number of nitrogens with one attached hydrogen (secondary N) is 3. The first-order valence-corrected chi connectivity index (χ1v) is 10.3. The van der Waals surface area contributed by atoms with Crippen LogP contribution in [0.3, 0.4) is 0 Å². The van der Waals surface area contributed by atoms with Crippen molar-refractivity contribution >= 4 is 39.0 Å². The molecular weight excluding hydrogens is 380 g/mol. The summed E-state index contributed by atoms with van der Waals surface area (Å²) in [6.45, 7) is 6.32. The van der Waals surface area contributed by atoms with Gasteiger partial charge in [0.05, 0.1) is 4.90 Å². The largest absolute Gasteiger partial charge is 0.326 e. The van der Waals surface area contributed by atoms with Crippen molar-refractivity contribution in [2.45, 2.75) is 25.7 Å². The maximum absolute atomic E-state index is 12.5. The number of nitrogens with zero attached hydrogens (tertiary/aromatic N) is 1. The third-order valence-corrected chi connectivity index (χ3v) is 5.32. The second kappa shape index (κ2) is 9.23. The fourth-order valence-electron chi connectivity index (χ4n) is 2.47. The Morgan fingerprint density at radius 3 is 1.79 bits per heavy atom. The number of hydrogen-bond acceptors (Lipinski definition) is 4. The third kappa shape index (κ3) is 5.71. The van der Waals surface area contributed by atoms with E-state index in [1.54, 1.807) is 29.2 Å². The highest BCUT2D eigenvalue weighted by molar-refractivity contribution is 7.92. The number of rotatable bonds is 7. The van der Waals surface area contributed by atoms with Gasteiger partial charge in [-0.25, -0.2) is 13.2 Å². The van der Waals surface area contributed by atoms with Gasteiger partial charge in [-0.15, -0.1) is 0 Å². The molecule has 0 atom stereocenters. The molecule has 8 nitrogen and oxygen atoms in total. The predicted molar refractivity (Wildman–Crippen MR) is 110 cm³/mol. The molecule has 2 aromatic carbocycles. The summed E-state index contributed by atoms with van der Waals surface area (Å²) in [5.41, 5.74) is 1.45. The van der Waals surface area contributed by atoms with Crippen molar-refractivity contribution in [3.63, 3.8) is 0 Å². The van der Waals surface area contributed by atoms with E-state index in [1.165, 1.54) is 31.2 Å². The third-order valence-electron chi connectivity index (χ3n) is 3.92. The fourth-order valence-corrected chi connectivity index (χ4v) is 3.53. The normalized spacial score (nSPS) is 10.8. The number of anilines is 3. The summed E-state index contributed by atoms with van der Waals surface area (Å²) in [7, 11) is -3.78. The molecule has 0 radical (unpaired) electrons. The number of amides is 3. The van der Waals surface area contributed by atoms with E-state index in [0.29, 0.717) is 30.2 Å². The molecule has 0 aliphatic heterocycles. The number of hydrogen-bond donors (Lipinski definition) is 3. The van der Waals surface area contributed by atoms with Gasteiger partial charge in [-0.05, 0) is 62.4 Å². The Morgan fingerprint density at radius 1 is 0.821 bits per heavy atom. The Bertz CT molecular complexity index is 921. The first-order valence-electron chi connectivity index (χ1n) is 8.81. The van der Waals surface area contributed by atoms with Gasteiger partial charge in [-0.2, -0.15) is 0 Å². The summed E-state index contributed by atoms with van der Waals surface area (Å²) in [6, 6.07) is 12.0. The van der Waals surface area contributed by atoms with Gasteiger partial charge in [0.1, 0.15) is 0 Å². The summed E-state index contributed by atoms with van der Waals surface area (Å²) >= 11 is 0. The van der Waals surface area contributed by atoms with E-state index in [-0.39, 0.29) is 16.8 Å². The first kappa shape index (κ1) is 21.2. The van der Waals surface area contributed by atoms with Crippen molar-refractivity contribution in [1.82, 2.24) is 4.90 Å². The van der Waals surface area contributed by atoms with E-state index >= 15 is 0 Å². The van der Waals surface area contributed by atoms with Crippen LogP contribution in [-0.2, 0) is 14.8 Å². The lowest BCUT2D eigenvalue weighted by Crippen LogP contribution is -2.34. The SMILES string of the molecule is CCN(CC)C(=O)Nc1ccc(S(=O)(=O)Nc2ccc(NC(C)=O)cc2)cc1. The fraction of sp³-hybridized carbons (Fsp3) is 0.263. The topological polar surface area (TPSA) is 108 Å². The van der Waals surface area contributed by atoms with Crippen LogP contribution in [0.15, 0.2) is 53.4 Å². The van der Waals surface area contributed by atoms with Gasteiger partial charge in [0.2, 0.25) is 5.91 Å². The van der Waals surface area contributed by atoms with Crippen molar-refractivity contribution in [3.8, 4) is 0 Å². The second-order valence-electron chi connectivity index (χ2n) is 5.99. The lowest BCUT2D eigenvalue weighted by molar-refractivity contribution is -0.114. The molecule has 0 spiro atoms. The predicted octanol–water partition coefficient (Wildman–Crippen LogP) is 3.32. The molecule has 3 N–H and O–H groups in total. The molecule has 0 fully saturated rings. The molecule has 2 rings (SSSR count). The van der Waals surface area contributed by atoms with E-state index in [2.05, 4.69) is 15.4 Å². The van der Waals surface area contributed by atoms with Crippen molar-refractivity contribution in [2.75, 3.05) is 28.4 Å². The van der Waals surface area contributed by atoms with Gasteiger partial charge in [-0.3, -0.25) is 9.52 Å². The van der Waals surface area contributed by atoms with Crippen molar-refractivity contribution in [2.24, 2.45) is 0 Å². The van der Waals surface area contributed by atoms with Gasteiger partial charge < -0.3 is 15.5 Å². The molecule has 2 aromatic rings. The monoisotopic (exact) mass is 404 g/mol. The molecule has 28 heavy (non-hydrogen) atoms. The number of sulfonamides is 1. The van der Waals surface area contributed by atoms with Gasteiger partial charge in [-0.1, -0.05) is 0 Å². The van der Waals surface area contributed by atoms with E-state index in [9.17, 15) is 18.0 Å². The summed E-state index contributed by atoms with van der Waals surface area (Å²) in [4.78, 5) is 24.8. The summed E-state index contributed by atoms with van der Waals surface area (Å²) < 4.78 is 27.5. The minimum Gasteiger partial charge on any atom is -0.326 e. The quantitative estimate of drug-likeness (QED) is 0.658. The van der Waals surface area contributed by atoms with Crippen LogP contribution in [0, 0.1) is 0 Å². The van der Waals surface area contributed by atoms with E-state index in [1.807, 2.05) is 13.8 Å². The van der Waals surface area contributed by atoms with Gasteiger partial charge in [0.15, 0.2) is 0 Å². The maximum atomic E-state index is 12.5. The second-order valence-corrected chi connectivity index (χ2v) is 7.67. The molecule has 0 aliphatic carbocycles. The highest BCUT2D eigenvalue weighted by Gasteiger charge is 2.15. The molecular formula is C19H24N4O4S. The zero-order chi connectivity index (χ0) is 20.7. The molecule has 0 bridgehead atoms. The molecule has 0 saturated heterocycles. The molecule has 0 saturated carbocycles. The average molecular weight is 404 g/mol. The Kier molecular flexibility index (Phi) is 7.00. The first-order chi connectivity index (χ1) is 13.2. The number of carbonyl (C=O) groups excluding carboxylic acids is 2. The number of carbonyl (C=O) groups is 2. The lowest BCUT2D eigenvalue weighted by Gasteiger charge is -2.19. The summed E-state index contributed by atoms with van der Waals surface area (Å²) in [5.74, 6) is -0.207. The minimum atomic E-state index is -3.78. The van der Waals surface area contributed by atoms with Crippen LogP contribution in [0.5, 0.6) is 0 Å². The standard InChI is InChI=1S/C19H24N4O4S/c1-4-23(5-2)19(25)21-16-10-12-18(13-11-16)28(26,27)22-17-8-6-15(7-9-17)20-14(3)24/h6-13,22H,4-5H2,1-3H3,(H,20,24)(H,21,25). The van der Waals surface area contributed by atoms with Crippen LogP contribution >= 0.6 is 0 Å². The van der Waals surface area contributed by atoms with Crippen molar-refractivity contribution < 1.29 is 18.0 Å². The molecule has 0 aromatic heterocycles. The van der Waals surface area contributed by atoms with Gasteiger partial charge in [0, 0.05) is 37.1 Å². The Balaban J connectivity index is 2.07. The van der Waals surface area contributed by atoms with E-state index in [0.717, 1.165) is 0 Å². The van der Waals surface area contributed by atoms with Gasteiger partial charge in [0.25, 0.3) is 10.0 Å². The molecule has 0 aliphatic rings. The number of benzene rings is 2. The van der Waals surface area contributed by atoms with Crippen LogP contribution in [0.2, 0.25) is 0 Å². The average Bonchev–Trinajstić information content (AvgIpc) is 2.64.